The topological polar surface area (TPSA) is 129 Å². The average Bonchev–Trinajstić information content (AvgIpc) is 3.05. The highest BCUT2D eigenvalue weighted by molar-refractivity contribution is 6.30. The molecule has 0 saturated carbocycles. The minimum Gasteiger partial charge on any atom is -0.481 e. The van der Waals surface area contributed by atoms with Crippen LogP contribution >= 0.6 is 11.6 Å². The second-order valence-electron chi connectivity index (χ2n) is 12.1. The molecular weight excluding hydrogens is 596 g/mol. The maximum absolute atomic E-state index is 11.9. The van der Waals surface area contributed by atoms with E-state index in [0.29, 0.717) is 31.0 Å². The number of carboxylic acids is 1. The van der Waals surface area contributed by atoms with Gasteiger partial charge in [0.25, 0.3) is 0 Å². The molecule has 0 unspecified atom stereocenters. The summed E-state index contributed by atoms with van der Waals surface area (Å²) in [6.45, 7) is 4.53. The smallest absolute Gasteiger partial charge is 0.303 e. The Hall–Kier alpha value is -3.31. The largest absolute Gasteiger partial charge is 0.481 e. The van der Waals surface area contributed by atoms with Gasteiger partial charge in [0.1, 0.15) is 0 Å². The fourth-order valence-electron chi connectivity index (χ4n) is 6.04. The Morgan fingerprint density at radius 3 is 2.16 bits per heavy atom. The van der Waals surface area contributed by atoms with Crippen molar-refractivity contribution >= 4 is 23.5 Å². The van der Waals surface area contributed by atoms with Gasteiger partial charge in [-0.25, -0.2) is 0 Å². The van der Waals surface area contributed by atoms with Crippen LogP contribution in [0.15, 0.2) is 72.8 Å². The van der Waals surface area contributed by atoms with E-state index >= 15 is 0 Å². The summed E-state index contributed by atoms with van der Waals surface area (Å²) in [5, 5.41) is 33.1. The standard InChI is InChI=1S/C35H41ClN2O7/c1-23-30(21-38-18-16-35(43,17-19-38)28-10-12-29(36)13-11-28)44-34(45-33(23)26-6-4-25(22-39)5-7-26)27-8-2-24(3-9-27)20-37-31(40)14-15-32(41)42/h2-13,23,30,33-34,39,43H,14-22H2,1H3,(H,37,40)(H,41,42)/t23-,30+,33+,34+/m0/s1. The fraction of sp³-hybridized carbons (Fsp3) is 0.429. The van der Waals surface area contributed by atoms with Crippen molar-refractivity contribution < 1.29 is 34.4 Å². The monoisotopic (exact) mass is 636 g/mol. The number of carboxylic acid groups (broad SMARTS) is 1. The highest BCUT2D eigenvalue weighted by Crippen LogP contribution is 2.42. The quantitative estimate of drug-likeness (QED) is 0.229. The molecule has 3 aromatic rings. The summed E-state index contributed by atoms with van der Waals surface area (Å²) in [7, 11) is 0. The molecule has 2 heterocycles. The SMILES string of the molecule is C[C@H]1[C@@H](CN2CCC(O)(c3ccc(Cl)cc3)CC2)O[C@@H](c2ccc(CNC(=O)CCC(=O)O)cc2)O[C@H]1c1ccc(CO)cc1. The van der Waals surface area contributed by atoms with Crippen LogP contribution in [0.4, 0.5) is 0 Å². The van der Waals surface area contributed by atoms with Gasteiger partial charge in [-0.1, -0.05) is 79.2 Å². The maximum atomic E-state index is 11.9. The maximum Gasteiger partial charge on any atom is 0.303 e. The molecule has 2 saturated heterocycles. The number of aliphatic hydroxyl groups is 2. The number of aliphatic carboxylic acids is 1. The fourth-order valence-corrected chi connectivity index (χ4v) is 6.17. The number of amides is 1. The van der Waals surface area contributed by atoms with E-state index in [9.17, 15) is 19.8 Å². The molecule has 4 atom stereocenters. The first-order valence-electron chi connectivity index (χ1n) is 15.4. The molecule has 0 bridgehead atoms. The predicted molar refractivity (Wildman–Crippen MR) is 169 cm³/mol. The number of likely N-dealkylation sites (tertiary alicyclic amines) is 1. The summed E-state index contributed by atoms with van der Waals surface area (Å²) in [4.78, 5) is 25.0. The number of rotatable bonds is 11. The molecule has 1 amide bonds. The summed E-state index contributed by atoms with van der Waals surface area (Å²) < 4.78 is 13.2. The van der Waals surface area contributed by atoms with Gasteiger partial charge in [-0.3, -0.25) is 9.59 Å². The lowest BCUT2D eigenvalue weighted by Crippen LogP contribution is -2.49. The molecular formula is C35H41ClN2O7. The van der Waals surface area contributed by atoms with Gasteiger partial charge in [-0.15, -0.1) is 0 Å². The van der Waals surface area contributed by atoms with Crippen molar-refractivity contribution in [2.24, 2.45) is 5.92 Å². The van der Waals surface area contributed by atoms with Gasteiger partial charge in [0.05, 0.1) is 30.8 Å². The van der Waals surface area contributed by atoms with Crippen molar-refractivity contribution in [3.63, 3.8) is 0 Å². The Morgan fingerprint density at radius 1 is 0.911 bits per heavy atom. The number of benzene rings is 3. The first-order valence-corrected chi connectivity index (χ1v) is 15.8. The average molecular weight is 637 g/mol. The summed E-state index contributed by atoms with van der Waals surface area (Å²) in [6, 6.07) is 22.9. The highest BCUT2D eigenvalue weighted by Gasteiger charge is 2.41. The van der Waals surface area contributed by atoms with Gasteiger partial charge >= 0.3 is 5.97 Å². The molecule has 0 aromatic heterocycles. The Morgan fingerprint density at radius 2 is 1.53 bits per heavy atom. The molecule has 4 N–H and O–H groups in total. The molecule has 10 heteroatoms. The minimum atomic E-state index is -1.00. The van der Waals surface area contributed by atoms with Crippen LogP contribution in [0.1, 0.15) is 72.8 Å². The van der Waals surface area contributed by atoms with Crippen LogP contribution < -0.4 is 5.32 Å². The molecule has 0 spiro atoms. The zero-order valence-corrected chi connectivity index (χ0v) is 26.2. The van der Waals surface area contributed by atoms with Crippen molar-refractivity contribution in [1.29, 1.82) is 0 Å². The zero-order valence-electron chi connectivity index (χ0n) is 25.4. The lowest BCUT2D eigenvalue weighted by atomic mass is 9.84. The first-order chi connectivity index (χ1) is 21.6. The molecule has 2 fully saturated rings. The van der Waals surface area contributed by atoms with Gasteiger partial charge in [0.2, 0.25) is 5.91 Å². The second-order valence-corrected chi connectivity index (χ2v) is 12.5. The molecule has 240 valence electrons. The normalized spacial score (nSPS) is 23.4. The van der Waals surface area contributed by atoms with Gasteiger partial charge in [-0.05, 0) is 47.2 Å². The van der Waals surface area contributed by atoms with Gasteiger partial charge < -0.3 is 35.0 Å². The number of hydrogen-bond acceptors (Lipinski definition) is 7. The summed E-state index contributed by atoms with van der Waals surface area (Å²) in [6.07, 6.45) is -0.0676. The van der Waals surface area contributed by atoms with Gasteiger partial charge in [0.15, 0.2) is 6.29 Å². The number of aliphatic hydroxyl groups excluding tert-OH is 1. The number of carbonyl (C=O) groups excluding carboxylic acids is 1. The molecule has 2 aliphatic heterocycles. The number of halogens is 1. The van der Waals surface area contributed by atoms with Crippen molar-refractivity contribution in [3.8, 4) is 0 Å². The number of ether oxygens (including phenoxy) is 2. The van der Waals surface area contributed by atoms with Crippen LogP contribution in [0.3, 0.4) is 0 Å². The minimum absolute atomic E-state index is 0.0265. The number of carbonyl (C=O) groups is 2. The lowest BCUT2D eigenvalue weighted by Gasteiger charge is -2.45. The van der Waals surface area contributed by atoms with E-state index in [1.807, 2.05) is 72.8 Å². The molecule has 0 aliphatic carbocycles. The van der Waals surface area contributed by atoms with Crippen molar-refractivity contribution in [1.82, 2.24) is 10.2 Å². The van der Waals surface area contributed by atoms with E-state index in [0.717, 1.165) is 40.9 Å². The lowest BCUT2D eigenvalue weighted by molar-refractivity contribution is -0.277. The molecule has 45 heavy (non-hydrogen) atoms. The van der Waals surface area contributed by atoms with Gasteiger partial charge in [-0.2, -0.15) is 0 Å². The third-order valence-electron chi connectivity index (χ3n) is 8.93. The van der Waals surface area contributed by atoms with Crippen LogP contribution in [-0.2, 0) is 37.8 Å². The molecule has 2 aliphatic rings. The van der Waals surface area contributed by atoms with E-state index in [4.69, 9.17) is 26.2 Å². The van der Waals surface area contributed by atoms with Crippen LogP contribution in [-0.4, -0.2) is 57.8 Å². The number of nitrogens with zero attached hydrogens (tertiary/aromatic N) is 1. The Balaban J connectivity index is 1.27. The number of piperidine rings is 1. The van der Waals surface area contributed by atoms with Crippen molar-refractivity contribution in [3.05, 3.63) is 106 Å². The zero-order chi connectivity index (χ0) is 32.0. The van der Waals surface area contributed by atoms with Crippen LogP contribution in [0, 0.1) is 5.92 Å². The van der Waals surface area contributed by atoms with Crippen LogP contribution in [0.5, 0.6) is 0 Å². The van der Waals surface area contributed by atoms with Crippen LogP contribution in [0.2, 0.25) is 5.02 Å². The van der Waals surface area contributed by atoms with E-state index in [-0.39, 0.29) is 43.5 Å². The number of nitrogens with one attached hydrogen (secondary N) is 1. The number of hydrogen-bond donors (Lipinski definition) is 4. The molecule has 3 aromatic carbocycles. The van der Waals surface area contributed by atoms with Crippen molar-refractivity contribution in [2.75, 3.05) is 19.6 Å². The third kappa shape index (κ3) is 8.49. The van der Waals surface area contributed by atoms with E-state index in [1.54, 1.807) is 0 Å². The van der Waals surface area contributed by atoms with E-state index in [2.05, 4.69) is 17.1 Å². The Kier molecular flexibility index (Phi) is 10.9. The van der Waals surface area contributed by atoms with Crippen molar-refractivity contribution in [2.45, 2.75) is 69.9 Å². The van der Waals surface area contributed by atoms with E-state index in [1.165, 1.54) is 0 Å². The van der Waals surface area contributed by atoms with E-state index < -0.39 is 17.9 Å². The summed E-state index contributed by atoms with van der Waals surface area (Å²) in [5.74, 6) is -1.28. The summed E-state index contributed by atoms with van der Waals surface area (Å²) in [5.41, 5.74) is 3.56. The first kappa shape index (κ1) is 33.1. The Bertz CT molecular complexity index is 1420. The predicted octanol–water partition coefficient (Wildman–Crippen LogP) is 5.09. The molecule has 5 rings (SSSR count). The second kappa shape index (κ2) is 14.9. The van der Waals surface area contributed by atoms with Gasteiger partial charge in [0, 0.05) is 49.1 Å². The molecule has 0 radical (unpaired) electrons. The Labute approximate surface area is 268 Å². The third-order valence-corrected chi connectivity index (χ3v) is 9.19. The molecule has 9 nitrogen and oxygen atoms in total. The highest BCUT2D eigenvalue weighted by atomic mass is 35.5. The van der Waals surface area contributed by atoms with Crippen LogP contribution in [0.25, 0.3) is 0 Å². The summed E-state index contributed by atoms with van der Waals surface area (Å²) >= 11 is 6.06.